The number of fused-ring (bicyclic) bond motifs is 1. The molecule has 0 fully saturated rings. The molecule has 0 bridgehead atoms. The first-order valence-corrected chi connectivity index (χ1v) is 6.58. The third kappa shape index (κ3) is 2.69. The van der Waals surface area contributed by atoms with Crippen molar-refractivity contribution in [3.63, 3.8) is 0 Å². The average Bonchev–Trinajstić information content (AvgIpc) is 2.47. The summed E-state index contributed by atoms with van der Waals surface area (Å²) in [5, 5.41) is 2.46. The molecule has 3 aromatic rings. The minimum Gasteiger partial charge on any atom is -0.256 e. The van der Waals surface area contributed by atoms with Crippen molar-refractivity contribution in [2.24, 2.45) is 4.99 Å². The van der Waals surface area contributed by atoms with E-state index in [1.54, 1.807) is 0 Å². The Bertz CT molecular complexity index is 724. The maximum atomic E-state index is 4.51. The molecule has 0 N–H and O–H groups in total. The van der Waals surface area contributed by atoms with E-state index in [0.29, 0.717) is 0 Å². The highest BCUT2D eigenvalue weighted by Crippen LogP contribution is 2.19. The van der Waals surface area contributed by atoms with Crippen molar-refractivity contribution >= 4 is 35.3 Å². The molecule has 1 nitrogen and oxygen atoms in total. The summed E-state index contributed by atoms with van der Waals surface area (Å²) in [5.74, 6) is 0. The predicted octanol–water partition coefficient (Wildman–Crippen LogP) is 4.88. The van der Waals surface area contributed by atoms with Gasteiger partial charge in [0, 0.05) is 16.7 Å². The number of rotatable bonds is 2. The van der Waals surface area contributed by atoms with Crippen molar-refractivity contribution in [2.45, 2.75) is 4.90 Å². The molecule has 0 saturated carbocycles. The number of nitrogens with zero attached hydrogens (tertiary/aromatic N) is 1. The van der Waals surface area contributed by atoms with Crippen LogP contribution in [0, 0.1) is 0 Å². The Kier molecular flexibility index (Phi) is 3.34. The lowest BCUT2D eigenvalue weighted by molar-refractivity contribution is 1.43. The van der Waals surface area contributed by atoms with E-state index in [1.165, 1.54) is 10.8 Å². The molecule has 0 unspecified atom stereocenters. The van der Waals surface area contributed by atoms with E-state index in [1.807, 2.05) is 30.5 Å². The molecule has 0 aliphatic heterocycles. The lowest BCUT2D eigenvalue weighted by Crippen LogP contribution is -1.83. The van der Waals surface area contributed by atoms with E-state index in [9.17, 15) is 0 Å². The fraction of sp³-hybridized carbons (Fsp3) is 0. The second-order valence-corrected chi connectivity index (χ2v) is 4.86. The molecule has 0 saturated heterocycles. The molecule has 0 radical (unpaired) electrons. The summed E-state index contributed by atoms with van der Waals surface area (Å²) in [4.78, 5) is 5.46. The normalized spacial score (nSPS) is 11.2. The van der Waals surface area contributed by atoms with Crippen LogP contribution in [0.4, 0.5) is 5.69 Å². The Balaban J connectivity index is 1.99. The molecule has 19 heavy (non-hydrogen) atoms. The molecule has 2 heteroatoms. The second-order valence-electron chi connectivity index (χ2n) is 4.34. The first kappa shape index (κ1) is 12.0. The van der Waals surface area contributed by atoms with Crippen molar-refractivity contribution in [3.05, 3.63) is 72.3 Å². The molecule has 3 aromatic carbocycles. The lowest BCUT2D eigenvalue weighted by Gasteiger charge is -2.01. The molecule has 92 valence electrons. The van der Waals surface area contributed by atoms with Gasteiger partial charge in [-0.05, 0) is 35.0 Å². The minimum absolute atomic E-state index is 0.936. The van der Waals surface area contributed by atoms with Gasteiger partial charge in [0.15, 0.2) is 0 Å². The van der Waals surface area contributed by atoms with Gasteiger partial charge in [-0.1, -0.05) is 42.5 Å². The van der Waals surface area contributed by atoms with Crippen LogP contribution in [0.1, 0.15) is 5.56 Å². The zero-order valence-corrected chi connectivity index (χ0v) is 11.2. The molecular formula is C17H13NS. The molecule has 0 atom stereocenters. The number of hydrogen-bond donors (Lipinski definition) is 1. The fourth-order valence-electron chi connectivity index (χ4n) is 2.05. The van der Waals surface area contributed by atoms with E-state index in [2.05, 4.69) is 60.1 Å². The minimum atomic E-state index is 0.936. The zero-order chi connectivity index (χ0) is 13.1. The molecular weight excluding hydrogens is 250 g/mol. The summed E-state index contributed by atoms with van der Waals surface area (Å²) in [7, 11) is 0. The third-order valence-electron chi connectivity index (χ3n) is 3.03. The molecule has 0 heterocycles. The largest absolute Gasteiger partial charge is 0.256 e. The Morgan fingerprint density at radius 3 is 2.37 bits per heavy atom. The molecule has 3 rings (SSSR count). The Labute approximate surface area is 118 Å². The van der Waals surface area contributed by atoms with Gasteiger partial charge in [-0.25, -0.2) is 0 Å². The van der Waals surface area contributed by atoms with Crippen molar-refractivity contribution in [3.8, 4) is 0 Å². The van der Waals surface area contributed by atoms with E-state index in [0.717, 1.165) is 16.1 Å². The second kappa shape index (κ2) is 5.29. The predicted molar refractivity (Wildman–Crippen MR) is 84.9 cm³/mol. The van der Waals surface area contributed by atoms with E-state index >= 15 is 0 Å². The van der Waals surface area contributed by atoms with Gasteiger partial charge >= 0.3 is 0 Å². The smallest absolute Gasteiger partial charge is 0.0630 e. The van der Waals surface area contributed by atoms with Crippen molar-refractivity contribution in [1.82, 2.24) is 0 Å². The molecule has 0 spiro atoms. The van der Waals surface area contributed by atoms with Gasteiger partial charge in [-0.15, -0.1) is 12.6 Å². The van der Waals surface area contributed by atoms with Crippen LogP contribution in [0.25, 0.3) is 10.8 Å². The van der Waals surface area contributed by atoms with Gasteiger partial charge in [-0.2, -0.15) is 0 Å². The third-order valence-corrected chi connectivity index (χ3v) is 3.32. The van der Waals surface area contributed by atoms with Gasteiger partial charge in [-0.3, -0.25) is 4.99 Å². The number of thiol groups is 1. The Morgan fingerprint density at radius 2 is 1.53 bits per heavy atom. The quantitative estimate of drug-likeness (QED) is 0.500. The van der Waals surface area contributed by atoms with Gasteiger partial charge in [0.1, 0.15) is 0 Å². The summed E-state index contributed by atoms with van der Waals surface area (Å²) >= 11 is 4.27. The van der Waals surface area contributed by atoms with Crippen molar-refractivity contribution < 1.29 is 0 Å². The highest BCUT2D eigenvalue weighted by Gasteiger charge is 1.97. The molecule has 0 amide bonds. The van der Waals surface area contributed by atoms with Gasteiger partial charge in [0.05, 0.1) is 5.69 Å². The maximum Gasteiger partial charge on any atom is 0.0630 e. The maximum absolute atomic E-state index is 4.51. The van der Waals surface area contributed by atoms with Crippen LogP contribution in [-0.2, 0) is 0 Å². The van der Waals surface area contributed by atoms with Gasteiger partial charge in [0.25, 0.3) is 0 Å². The topological polar surface area (TPSA) is 12.4 Å². The highest BCUT2D eigenvalue weighted by atomic mass is 32.1. The lowest BCUT2D eigenvalue weighted by atomic mass is 10.1. The summed E-state index contributed by atoms with van der Waals surface area (Å²) in [5.41, 5.74) is 2.07. The van der Waals surface area contributed by atoms with Crippen molar-refractivity contribution in [2.75, 3.05) is 0 Å². The van der Waals surface area contributed by atoms with Crippen molar-refractivity contribution in [1.29, 1.82) is 0 Å². The first-order chi connectivity index (χ1) is 9.33. The van der Waals surface area contributed by atoms with Crippen LogP contribution < -0.4 is 0 Å². The Morgan fingerprint density at radius 1 is 0.789 bits per heavy atom. The van der Waals surface area contributed by atoms with E-state index in [-0.39, 0.29) is 0 Å². The standard InChI is InChI=1S/C17H13NS/c19-16-10-8-15(9-11-16)18-12-14-6-3-5-13-4-1-2-7-17(13)14/h1-12,19H. The number of aliphatic imine (C=N–C) groups is 1. The van der Waals surface area contributed by atoms with Crippen LogP contribution in [0.15, 0.2) is 76.6 Å². The van der Waals surface area contributed by atoms with E-state index < -0.39 is 0 Å². The van der Waals surface area contributed by atoms with Crippen LogP contribution in [0.5, 0.6) is 0 Å². The summed E-state index contributed by atoms with van der Waals surface area (Å²) in [6.07, 6.45) is 1.91. The monoisotopic (exact) mass is 263 g/mol. The average molecular weight is 263 g/mol. The van der Waals surface area contributed by atoms with E-state index in [4.69, 9.17) is 0 Å². The van der Waals surface area contributed by atoms with Gasteiger partial charge < -0.3 is 0 Å². The highest BCUT2D eigenvalue weighted by molar-refractivity contribution is 7.80. The van der Waals surface area contributed by atoms with Crippen LogP contribution in [0.3, 0.4) is 0 Å². The SMILES string of the molecule is Sc1ccc(N=Cc2cccc3ccccc23)cc1. The summed E-state index contributed by atoms with van der Waals surface area (Å²) in [6.45, 7) is 0. The van der Waals surface area contributed by atoms with Crippen LogP contribution in [-0.4, -0.2) is 6.21 Å². The molecule has 0 aromatic heterocycles. The van der Waals surface area contributed by atoms with Crippen LogP contribution >= 0.6 is 12.6 Å². The zero-order valence-electron chi connectivity index (χ0n) is 10.3. The molecule has 0 aliphatic rings. The number of benzene rings is 3. The summed E-state index contributed by atoms with van der Waals surface area (Å²) in [6, 6.07) is 22.4. The fourth-order valence-corrected chi connectivity index (χ4v) is 2.19. The number of hydrogen-bond acceptors (Lipinski definition) is 2. The first-order valence-electron chi connectivity index (χ1n) is 6.14. The molecule has 0 aliphatic carbocycles. The van der Waals surface area contributed by atoms with Crippen LogP contribution in [0.2, 0.25) is 0 Å². The summed E-state index contributed by atoms with van der Waals surface area (Å²) < 4.78 is 0. The Hall–Kier alpha value is -2.06. The van der Waals surface area contributed by atoms with Gasteiger partial charge in [0.2, 0.25) is 0 Å².